The Kier molecular flexibility index (Phi) is 6.00. The van der Waals surface area contributed by atoms with Gasteiger partial charge in [-0.2, -0.15) is 0 Å². The third-order valence-corrected chi connectivity index (χ3v) is 2.35. The van der Waals surface area contributed by atoms with Crippen LogP contribution in [0.4, 0.5) is 0 Å². The smallest absolute Gasteiger partial charge is 0.360 e. The number of carbonyl (C=O) groups is 6. The molecule has 0 aliphatic rings. The van der Waals surface area contributed by atoms with Crippen molar-refractivity contribution in [1.82, 2.24) is 0 Å². The van der Waals surface area contributed by atoms with Gasteiger partial charge in [0.2, 0.25) is 0 Å². The number of carboxylic acids is 5. The fraction of sp³-hybridized carbons (Fsp3) is 0.400. The fourth-order valence-electron chi connectivity index (χ4n) is 1.26. The van der Waals surface area contributed by atoms with Gasteiger partial charge in [0.1, 0.15) is 6.42 Å². The molecule has 12 heteroatoms. The third-order valence-electron chi connectivity index (χ3n) is 2.35. The molecule has 0 bridgehead atoms. The van der Waals surface area contributed by atoms with Gasteiger partial charge < -0.3 is 30.3 Å². The summed E-state index contributed by atoms with van der Waals surface area (Å²) in [4.78, 5) is 64.9. The van der Waals surface area contributed by atoms with E-state index in [2.05, 4.69) is 4.74 Å². The topological polar surface area (TPSA) is 213 Å². The Hall–Kier alpha value is -3.18. The van der Waals surface area contributed by atoms with E-state index in [0.717, 1.165) is 0 Å². The molecule has 12 nitrogen and oxygen atoms in total. The van der Waals surface area contributed by atoms with Crippen molar-refractivity contribution in [3.63, 3.8) is 0 Å². The lowest BCUT2D eigenvalue weighted by atomic mass is 9.99. The van der Waals surface area contributed by atoms with Gasteiger partial charge in [-0.05, 0) is 0 Å². The van der Waals surface area contributed by atoms with E-state index < -0.39 is 60.2 Å². The van der Waals surface area contributed by atoms with Gasteiger partial charge in [0.05, 0.1) is 6.42 Å². The first-order chi connectivity index (χ1) is 9.93. The Labute approximate surface area is 120 Å². The molecule has 0 saturated carbocycles. The van der Waals surface area contributed by atoms with E-state index in [0.29, 0.717) is 0 Å². The molecule has 0 radical (unpaired) electrons. The molecule has 0 unspecified atom stereocenters. The minimum absolute atomic E-state index is 1.38. The number of esters is 1. The molecule has 0 rings (SSSR count). The minimum atomic E-state index is -3.50. The molecule has 0 fully saturated rings. The van der Waals surface area contributed by atoms with Crippen molar-refractivity contribution in [2.24, 2.45) is 5.92 Å². The minimum Gasteiger partial charge on any atom is -0.481 e. The molecule has 0 spiro atoms. The van der Waals surface area contributed by atoms with E-state index in [1.165, 1.54) is 0 Å². The van der Waals surface area contributed by atoms with Crippen LogP contribution in [0.25, 0.3) is 0 Å². The number of aliphatic carboxylic acids is 5. The maximum atomic E-state index is 11.4. The van der Waals surface area contributed by atoms with Gasteiger partial charge in [-0.15, -0.1) is 0 Å². The molecule has 22 heavy (non-hydrogen) atoms. The molecule has 0 aromatic rings. The molecule has 0 heterocycles. The second-order valence-corrected chi connectivity index (χ2v) is 3.92. The molecule has 0 atom stereocenters. The number of carboxylic acid groups (broad SMARTS) is 5. The quantitative estimate of drug-likeness (QED) is 0.232. The SMILES string of the molecule is O=C(O)CC(OC(=O)CC(C(=O)O)C(=O)O)(C(=O)O)C(=O)O. The molecule has 0 aromatic heterocycles. The molecule has 0 saturated heterocycles. The van der Waals surface area contributed by atoms with Crippen LogP contribution in [0.1, 0.15) is 12.8 Å². The summed E-state index contributed by atoms with van der Waals surface area (Å²) < 4.78 is 4.06. The van der Waals surface area contributed by atoms with E-state index in [1.807, 2.05) is 0 Å². The Balaban J connectivity index is 5.40. The highest BCUT2D eigenvalue weighted by Gasteiger charge is 2.53. The number of carbonyl (C=O) groups excluding carboxylic acids is 1. The van der Waals surface area contributed by atoms with Crippen LogP contribution in [-0.2, 0) is 33.5 Å². The zero-order valence-electron chi connectivity index (χ0n) is 10.6. The van der Waals surface area contributed by atoms with E-state index in [4.69, 9.17) is 25.5 Å². The second-order valence-electron chi connectivity index (χ2n) is 3.92. The highest BCUT2D eigenvalue weighted by Crippen LogP contribution is 2.20. The van der Waals surface area contributed by atoms with Gasteiger partial charge >= 0.3 is 41.4 Å². The van der Waals surface area contributed by atoms with Gasteiger partial charge in [-0.25, -0.2) is 9.59 Å². The molecule has 0 aromatic carbocycles. The van der Waals surface area contributed by atoms with Crippen LogP contribution >= 0.6 is 0 Å². The Morgan fingerprint density at radius 2 is 1.23 bits per heavy atom. The Morgan fingerprint density at radius 1 is 0.818 bits per heavy atom. The zero-order chi connectivity index (χ0) is 17.7. The predicted molar refractivity (Wildman–Crippen MR) is 59.7 cm³/mol. The van der Waals surface area contributed by atoms with Gasteiger partial charge in [0.25, 0.3) is 0 Å². The lowest BCUT2D eigenvalue weighted by Gasteiger charge is -2.23. The highest BCUT2D eigenvalue weighted by atomic mass is 16.6. The van der Waals surface area contributed by atoms with Gasteiger partial charge in [0.15, 0.2) is 5.92 Å². The summed E-state index contributed by atoms with van der Waals surface area (Å²) in [7, 11) is 0. The largest absolute Gasteiger partial charge is 0.481 e. The average molecular weight is 322 g/mol. The average Bonchev–Trinajstić information content (AvgIpc) is 2.32. The van der Waals surface area contributed by atoms with Crippen molar-refractivity contribution >= 4 is 35.8 Å². The van der Waals surface area contributed by atoms with Crippen molar-refractivity contribution < 1.29 is 59.0 Å². The van der Waals surface area contributed by atoms with Crippen LogP contribution in [-0.4, -0.2) is 66.9 Å². The van der Waals surface area contributed by atoms with Crippen molar-refractivity contribution in [2.75, 3.05) is 0 Å². The van der Waals surface area contributed by atoms with Crippen molar-refractivity contribution in [3.8, 4) is 0 Å². The lowest BCUT2D eigenvalue weighted by Crippen LogP contribution is -2.52. The fourth-order valence-corrected chi connectivity index (χ4v) is 1.26. The summed E-state index contributed by atoms with van der Waals surface area (Å²) in [6.45, 7) is 0. The second kappa shape index (κ2) is 7.01. The van der Waals surface area contributed by atoms with Crippen LogP contribution in [0.3, 0.4) is 0 Å². The van der Waals surface area contributed by atoms with E-state index in [-0.39, 0.29) is 0 Å². The van der Waals surface area contributed by atoms with Crippen LogP contribution in [0, 0.1) is 5.92 Å². The maximum absolute atomic E-state index is 11.4. The summed E-state index contributed by atoms with van der Waals surface area (Å²) in [5, 5.41) is 43.2. The van der Waals surface area contributed by atoms with Gasteiger partial charge in [-0.1, -0.05) is 0 Å². The normalized spacial score (nSPS) is 10.8. The number of hydrogen-bond donors (Lipinski definition) is 5. The Bertz CT molecular complexity index is 504. The molecule has 0 aliphatic heterocycles. The van der Waals surface area contributed by atoms with Crippen LogP contribution in [0.5, 0.6) is 0 Å². The molecular formula is C10H10O12. The van der Waals surface area contributed by atoms with E-state index in [9.17, 15) is 28.8 Å². The van der Waals surface area contributed by atoms with Crippen molar-refractivity contribution in [2.45, 2.75) is 18.4 Å². The van der Waals surface area contributed by atoms with Gasteiger partial charge in [-0.3, -0.25) is 19.2 Å². The van der Waals surface area contributed by atoms with Crippen molar-refractivity contribution in [1.29, 1.82) is 0 Å². The number of ether oxygens (including phenoxy) is 1. The van der Waals surface area contributed by atoms with Crippen LogP contribution in [0.15, 0.2) is 0 Å². The monoisotopic (exact) mass is 322 g/mol. The maximum Gasteiger partial charge on any atom is 0.360 e. The Morgan fingerprint density at radius 3 is 1.50 bits per heavy atom. The molecule has 0 amide bonds. The van der Waals surface area contributed by atoms with E-state index >= 15 is 0 Å². The lowest BCUT2D eigenvalue weighted by molar-refractivity contribution is -0.194. The number of hydrogen-bond acceptors (Lipinski definition) is 7. The van der Waals surface area contributed by atoms with Crippen molar-refractivity contribution in [3.05, 3.63) is 0 Å². The first kappa shape index (κ1) is 18.8. The van der Waals surface area contributed by atoms with Crippen LogP contribution < -0.4 is 0 Å². The van der Waals surface area contributed by atoms with E-state index in [1.54, 1.807) is 0 Å². The summed E-state index contributed by atoms with van der Waals surface area (Å²) in [6.07, 6.45) is -3.03. The predicted octanol–water partition coefficient (Wildman–Crippen LogP) is -1.91. The summed E-state index contributed by atoms with van der Waals surface area (Å²) in [5.74, 6) is -14.6. The molecule has 0 aliphatic carbocycles. The summed E-state index contributed by atoms with van der Waals surface area (Å²) in [5.41, 5.74) is -3.50. The molecule has 122 valence electrons. The summed E-state index contributed by atoms with van der Waals surface area (Å²) >= 11 is 0. The highest BCUT2D eigenvalue weighted by molar-refractivity contribution is 6.06. The standard InChI is InChI=1S/C10H10O12/c11-4(12)2-10(8(18)19,9(20)21)22-5(13)1-3(6(14)15)7(16)17/h3H,1-2H2,(H,11,12)(H,14,15)(H,16,17)(H,18,19)(H,20,21). The first-order valence-electron chi connectivity index (χ1n) is 5.30. The summed E-state index contributed by atoms with van der Waals surface area (Å²) in [6, 6.07) is 0. The third kappa shape index (κ3) is 4.43. The zero-order valence-corrected chi connectivity index (χ0v) is 10.6. The molecular weight excluding hydrogens is 312 g/mol. The molecule has 5 N–H and O–H groups in total. The van der Waals surface area contributed by atoms with Gasteiger partial charge in [0, 0.05) is 0 Å². The number of rotatable bonds is 9. The van der Waals surface area contributed by atoms with Crippen LogP contribution in [0.2, 0.25) is 0 Å². The first-order valence-corrected chi connectivity index (χ1v) is 5.30.